The molecule has 98 valence electrons. The number of hydrogen-bond acceptors (Lipinski definition) is 2. The SMILES string of the molecule is CCCOc1ccc(N=C(N)N=C(N)N)cc1Cl. The summed E-state index contributed by atoms with van der Waals surface area (Å²) in [6, 6.07) is 5.06. The molecule has 1 rings (SSSR count). The quantitative estimate of drug-likeness (QED) is 0.566. The maximum absolute atomic E-state index is 6.03. The van der Waals surface area contributed by atoms with Gasteiger partial charge in [0.05, 0.1) is 17.3 Å². The molecule has 0 aromatic heterocycles. The number of nitrogens with two attached hydrogens (primary N) is 3. The van der Waals surface area contributed by atoms with Crippen molar-refractivity contribution in [2.45, 2.75) is 13.3 Å². The van der Waals surface area contributed by atoms with Crippen LogP contribution in [0.5, 0.6) is 5.75 Å². The summed E-state index contributed by atoms with van der Waals surface area (Å²) >= 11 is 6.03. The average molecular weight is 270 g/mol. The molecule has 0 aliphatic heterocycles. The lowest BCUT2D eigenvalue weighted by Crippen LogP contribution is -2.26. The third-order valence-electron chi connectivity index (χ3n) is 1.86. The van der Waals surface area contributed by atoms with Crippen LogP contribution in [0.3, 0.4) is 0 Å². The summed E-state index contributed by atoms with van der Waals surface area (Å²) in [4.78, 5) is 7.59. The number of aliphatic imine (C=N–C) groups is 2. The largest absolute Gasteiger partial charge is 0.492 e. The van der Waals surface area contributed by atoms with Crippen molar-refractivity contribution in [2.75, 3.05) is 6.61 Å². The first-order valence-corrected chi connectivity index (χ1v) is 5.77. The highest BCUT2D eigenvalue weighted by Gasteiger charge is 2.02. The molecule has 0 fully saturated rings. The Balaban J connectivity index is 2.87. The Hall–Kier alpha value is -1.95. The van der Waals surface area contributed by atoms with E-state index in [1.165, 1.54) is 0 Å². The summed E-state index contributed by atoms with van der Waals surface area (Å²) in [5.74, 6) is 0.427. The molecule has 1 aromatic carbocycles. The van der Waals surface area contributed by atoms with Gasteiger partial charge in [0.15, 0.2) is 5.96 Å². The highest BCUT2D eigenvalue weighted by Crippen LogP contribution is 2.29. The second-order valence-corrected chi connectivity index (χ2v) is 3.88. The van der Waals surface area contributed by atoms with Gasteiger partial charge in [-0.3, -0.25) is 0 Å². The van der Waals surface area contributed by atoms with Crippen molar-refractivity contribution in [1.29, 1.82) is 0 Å². The summed E-state index contributed by atoms with van der Waals surface area (Å²) in [6.45, 7) is 2.63. The molecule has 1 aromatic rings. The van der Waals surface area contributed by atoms with Crippen molar-refractivity contribution < 1.29 is 4.74 Å². The third-order valence-corrected chi connectivity index (χ3v) is 2.16. The van der Waals surface area contributed by atoms with E-state index in [0.29, 0.717) is 23.1 Å². The number of benzene rings is 1. The van der Waals surface area contributed by atoms with Crippen LogP contribution in [0.1, 0.15) is 13.3 Å². The van der Waals surface area contributed by atoms with Crippen molar-refractivity contribution in [3.05, 3.63) is 23.2 Å². The third kappa shape index (κ3) is 4.50. The zero-order valence-corrected chi connectivity index (χ0v) is 10.8. The van der Waals surface area contributed by atoms with Gasteiger partial charge in [-0.15, -0.1) is 0 Å². The summed E-state index contributed by atoms with van der Waals surface area (Å²) in [7, 11) is 0. The van der Waals surface area contributed by atoms with Crippen LogP contribution < -0.4 is 21.9 Å². The van der Waals surface area contributed by atoms with Gasteiger partial charge in [0.2, 0.25) is 5.96 Å². The number of rotatable bonds is 4. The zero-order valence-electron chi connectivity index (χ0n) is 10.1. The molecule has 0 saturated carbocycles. The van der Waals surface area contributed by atoms with E-state index in [4.69, 9.17) is 33.5 Å². The highest BCUT2D eigenvalue weighted by molar-refractivity contribution is 6.32. The Kier molecular flexibility index (Phi) is 5.26. The van der Waals surface area contributed by atoms with Crippen LogP contribution in [-0.4, -0.2) is 18.5 Å². The van der Waals surface area contributed by atoms with Crippen molar-refractivity contribution in [1.82, 2.24) is 0 Å². The number of nitrogens with zero attached hydrogens (tertiary/aromatic N) is 2. The van der Waals surface area contributed by atoms with Crippen LogP contribution >= 0.6 is 11.6 Å². The molecule has 6 N–H and O–H groups in total. The molecule has 0 radical (unpaired) electrons. The number of ether oxygens (including phenoxy) is 1. The first-order chi connectivity index (χ1) is 8.52. The molecule has 0 atom stereocenters. The molecule has 0 aliphatic carbocycles. The second-order valence-electron chi connectivity index (χ2n) is 3.47. The molecule has 6 nitrogen and oxygen atoms in total. The van der Waals surface area contributed by atoms with Crippen LogP contribution in [0, 0.1) is 0 Å². The maximum atomic E-state index is 6.03. The summed E-state index contributed by atoms with van der Waals surface area (Å²) in [5, 5.41) is 0.460. The normalized spacial score (nSPS) is 11.1. The minimum absolute atomic E-state index is 0.0340. The van der Waals surface area contributed by atoms with E-state index in [9.17, 15) is 0 Å². The minimum Gasteiger partial charge on any atom is -0.492 e. The average Bonchev–Trinajstić information content (AvgIpc) is 2.26. The molecule has 7 heteroatoms. The van der Waals surface area contributed by atoms with Crippen molar-refractivity contribution >= 4 is 29.2 Å². The Bertz CT molecular complexity index is 469. The molecule has 0 amide bonds. The Labute approximate surface area is 110 Å². The molecule has 18 heavy (non-hydrogen) atoms. The predicted octanol–water partition coefficient (Wildman–Crippen LogP) is 1.35. The van der Waals surface area contributed by atoms with E-state index in [1.54, 1.807) is 18.2 Å². The van der Waals surface area contributed by atoms with Crippen molar-refractivity contribution in [3.63, 3.8) is 0 Å². The van der Waals surface area contributed by atoms with Crippen LogP contribution in [0.15, 0.2) is 28.2 Å². The van der Waals surface area contributed by atoms with E-state index in [0.717, 1.165) is 6.42 Å². The van der Waals surface area contributed by atoms with Gasteiger partial charge in [-0.25, -0.2) is 4.99 Å². The second kappa shape index (κ2) is 6.70. The van der Waals surface area contributed by atoms with E-state index < -0.39 is 0 Å². The summed E-state index contributed by atoms with van der Waals surface area (Å²) < 4.78 is 5.43. The van der Waals surface area contributed by atoms with E-state index in [-0.39, 0.29) is 11.9 Å². The van der Waals surface area contributed by atoms with Gasteiger partial charge in [-0.1, -0.05) is 18.5 Å². The highest BCUT2D eigenvalue weighted by atomic mass is 35.5. The molecule has 0 bridgehead atoms. The van der Waals surface area contributed by atoms with Gasteiger partial charge in [-0.2, -0.15) is 4.99 Å². The lowest BCUT2D eigenvalue weighted by atomic mass is 10.3. The minimum atomic E-state index is -0.148. The van der Waals surface area contributed by atoms with Crippen LogP contribution in [0.4, 0.5) is 5.69 Å². The fourth-order valence-electron chi connectivity index (χ4n) is 1.18. The monoisotopic (exact) mass is 269 g/mol. The van der Waals surface area contributed by atoms with Crippen molar-refractivity contribution in [3.8, 4) is 5.75 Å². The number of guanidine groups is 2. The smallest absolute Gasteiger partial charge is 0.223 e. The lowest BCUT2D eigenvalue weighted by Gasteiger charge is -2.06. The van der Waals surface area contributed by atoms with Gasteiger partial charge in [-0.05, 0) is 24.6 Å². The van der Waals surface area contributed by atoms with E-state index >= 15 is 0 Å². The molecule has 0 unspecified atom stereocenters. The Morgan fingerprint density at radius 1 is 1.33 bits per heavy atom. The molecular weight excluding hydrogens is 254 g/mol. The topological polar surface area (TPSA) is 112 Å². The fraction of sp³-hybridized carbons (Fsp3) is 0.273. The van der Waals surface area contributed by atoms with Crippen LogP contribution in [-0.2, 0) is 0 Å². The van der Waals surface area contributed by atoms with Crippen LogP contribution in [0.25, 0.3) is 0 Å². The first kappa shape index (κ1) is 14.1. The number of hydrogen-bond donors (Lipinski definition) is 3. The Morgan fingerprint density at radius 2 is 2.06 bits per heavy atom. The van der Waals surface area contributed by atoms with Crippen molar-refractivity contribution in [2.24, 2.45) is 27.2 Å². The van der Waals surface area contributed by atoms with Crippen LogP contribution in [0.2, 0.25) is 5.02 Å². The van der Waals surface area contributed by atoms with Gasteiger partial charge < -0.3 is 21.9 Å². The molecule has 0 heterocycles. The fourth-order valence-corrected chi connectivity index (χ4v) is 1.41. The Morgan fingerprint density at radius 3 is 2.61 bits per heavy atom. The predicted molar refractivity (Wildman–Crippen MR) is 74.3 cm³/mol. The molecule has 0 spiro atoms. The van der Waals surface area contributed by atoms with Gasteiger partial charge >= 0.3 is 0 Å². The van der Waals surface area contributed by atoms with Gasteiger partial charge in [0.25, 0.3) is 0 Å². The molecule has 0 saturated heterocycles. The summed E-state index contributed by atoms with van der Waals surface area (Å²) in [5.41, 5.74) is 16.4. The maximum Gasteiger partial charge on any atom is 0.223 e. The lowest BCUT2D eigenvalue weighted by molar-refractivity contribution is 0.317. The molecule has 0 aliphatic rings. The first-order valence-electron chi connectivity index (χ1n) is 5.39. The number of halogens is 1. The standard InChI is InChI=1S/C11H16ClN5O/c1-2-5-18-9-4-3-7(6-8(9)12)16-11(15)17-10(13)14/h3-4,6H,2,5H2,1H3,(H6,13,14,15,16,17). The summed E-state index contributed by atoms with van der Waals surface area (Å²) in [6.07, 6.45) is 0.910. The molecular formula is C11H16ClN5O. The van der Waals surface area contributed by atoms with Gasteiger partial charge in [0.1, 0.15) is 5.75 Å². The van der Waals surface area contributed by atoms with E-state index in [1.807, 2.05) is 6.92 Å². The zero-order chi connectivity index (χ0) is 13.5. The van der Waals surface area contributed by atoms with E-state index in [2.05, 4.69) is 9.98 Å². The van der Waals surface area contributed by atoms with Gasteiger partial charge in [0, 0.05) is 0 Å².